The fourth-order valence-corrected chi connectivity index (χ4v) is 4.99. The molecule has 2 fully saturated rings. The van der Waals surface area contributed by atoms with Gasteiger partial charge in [-0.25, -0.2) is 9.97 Å². The van der Waals surface area contributed by atoms with Crippen LogP contribution in [0, 0.1) is 0 Å². The van der Waals surface area contributed by atoms with E-state index < -0.39 is 11.9 Å². The number of hydrogen-bond acceptors (Lipinski definition) is 6. The summed E-state index contributed by atoms with van der Waals surface area (Å²) in [6, 6.07) is 4.50. The van der Waals surface area contributed by atoms with Gasteiger partial charge in [-0.15, -0.1) is 0 Å². The lowest BCUT2D eigenvalue weighted by Crippen LogP contribution is -2.34. The molecule has 0 N–H and O–H groups in total. The van der Waals surface area contributed by atoms with Crippen molar-refractivity contribution >= 4 is 23.5 Å². The van der Waals surface area contributed by atoms with Crippen LogP contribution in [0.3, 0.4) is 0 Å². The Morgan fingerprint density at radius 1 is 1.16 bits per heavy atom. The third-order valence-corrected chi connectivity index (χ3v) is 6.95. The number of carbonyl (C=O) groups is 1. The number of alkyl halides is 3. The van der Waals surface area contributed by atoms with E-state index in [1.165, 1.54) is 0 Å². The predicted octanol–water partition coefficient (Wildman–Crippen LogP) is 5.39. The number of halogens is 3. The number of nitrogens with zero attached hydrogens (tertiary/aromatic N) is 4. The zero-order valence-corrected chi connectivity index (χ0v) is 18.8. The molecular formula is C22H27F3N4O2S. The molecule has 2 aromatic heterocycles. The number of aromatic nitrogens is 2. The molecular weight excluding hydrogens is 441 g/mol. The van der Waals surface area contributed by atoms with E-state index in [2.05, 4.69) is 9.97 Å². The number of anilines is 1. The summed E-state index contributed by atoms with van der Waals surface area (Å²) in [4.78, 5) is 24.2. The van der Waals surface area contributed by atoms with Crippen LogP contribution >= 0.6 is 11.8 Å². The van der Waals surface area contributed by atoms with Gasteiger partial charge in [0.15, 0.2) is 16.6 Å². The molecule has 4 rings (SSSR count). The fourth-order valence-electron chi connectivity index (χ4n) is 4.24. The lowest BCUT2D eigenvalue weighted by Gasteiger charge is -2.32. The number of furan rings is 1. The molecule has 3 heterocycles. The molecule has 6 nitrogen and oxygen atoms in total. The van der Waals surface area contributed by atoms with Gasteiger partial charge in [-0.3, -0.25) is 4.79 Å². The molecule has 0 spiro atoms. The molecule has 0 bridgehead atoms. The second-order valence-electron chi connectivity index (χ2n) is 8.35. The van der Waals surface area contributed by atoms with Crippen molar-refractivity contribution < 1.29 is 22.4 Å². The van der Waals surface area contributed by atoms with Crippen LogP contribution in [-0.4, -0.2) is 47.0 Å². The van der Waals surface area contributed by atoms with Crippen molar-refractivity contribution in [2.24, 2.45) is 0 Å². The minimum absolute atomic E-state index is 0.0429. The molecule has 1 saturated heterocycles. The summed E-state index contributed by atoms with van der Waals surface area (Å²) in [5.41, 5.74) is -0.947. The van der Waals surface area contributed by atoms with Crippen LogP contribution in [0.5, 0.6) is 0 Å². The molecule has 2 aliphatic rings. The lowest BCUT2D eigenvalue weighted by atomic mass is 9.94. The molecule has 0 atom stereocenters. The van der Waals surface area contributed by atoms with Crippen LogP contribution in [0.2, 0.25) is 0 Å². The summed E-state index contributed by atoms with van der Waals surface area (Å²) in [5.74, 6) is 1.13. The number of amides is 1. The highest BCUT2D eigenvalue weighted by atomic mass is 32.2. The first-order chi connectivity index (χ1) is 15.3. The molecule has 32 heavy (non-hydrogen) atoms. The number of rotatable bonds is 6. The van der Waals surface area contributed by atoms with E-state index in [9.17, 15) is 18.0 Å². The highest BCUT2D eigenvalue weighted by Crippen LogP contribution is 2.34. The van der Waals surface area contributed by atoms with Gasteiger partial charge in [-0.1, -0.05) is 31.0 Å². The first kappa shape index (κ1) is 22.9. The van der Waals surface area contributed by atoms with Crippen molar-refractivity contribution in [2.45, 2.75) is 68.1 Å². The van der Waals surface area contributed by atoms with Crippen LogP contribution in [0.4, 0.5) is 19.0 Å². The SMILES string of the molecule is CN(c1cc(C(F)(F)F)nc(SCc2ccc(C(=O)N3CCCC3)o2)n1)C1CCCCC1. The molecule has 1 aliphatic heterocycles. The summed E-state index contributed by atoms with van der Waals surface area (Å²) in [6.45, 7) is 1.44. The Balaban J connectivity index is 1.48. The monoisotopic (exact) mass is 468 g/mol. The van der Waals surface area contributed by atoms with Crippen LogP contribution in [0.25, 0.3) is 0 Å². The van der Waals surface area contributed by atoms with Gasteiger partial charge >= 0.3 is 6.18 Å². The molecule has 0 radical (unpaired) electrons. The van der Waals surface area contributed by atoms with Gasteiger partial charge < -0.3 is 14.2 Å². The second kappa shape index (κ2) is 9.72. The maximum atomic E-state index is 13.5. The van der Waals surface area contributed by atoms with E-state index in [0.29, 0.717) is 5.76 Å². The minimum atomic E-state index is -4.56. The summed E-state index contributed by atoms with van der Waals surface area (Å²) in [5, 5.41) is 0.0429. The summed E-state index contributed by atoms with van der Waals surface area (Å²) < 4.78 is 46.1. The third kappa shape index (κ3) is 5.39. The molecule has 0 aromatic carbocycles. The number of hydrogen-bond donors (Lipinski definition) is 0. The smallest absolute Gasteiger partial charge is 0.433 e. The van der Waals surface area contributed by atoms with Crippen LogP contribution < -0.4 is 4.90 Å². The molecule has 2 aromatic rings. The molecule has 1 saturated carbocycles. The van der Waals surface area contributed by atoms with Crippen molar-refractivity contribution in [3.05, 3.63) is 35.4 Å². The van der Waals surface area contributed by atoms with E-state index >= 15 is 0 Å². The van der Waals surface area contributed by atoms with E-state index in [4.69, 9.17) is 4.42 Å². The summed E-state index contributed by atoms with van der Waals surface area (Å²) in [7, 11) is 1.80. The largest absolute Gasteiger partial charge is 0.455 e. The highest BCUT2D eigenvalue weighted by molar-refractivity contribution is 7.98. The lowest BCUT2D eigenvalue weighted by molar-refractivity contribution is -0.141. The van der Waals surface area contributed by atoms with Crippen LogP contribution in [0.1, 0.15) is 67.0 Å². The average molecular weight is 469 g/mol. The van der Waals surface area contributed by atoms with Crippen LogP contribution in [-0.2, 0) is 11.9 Å². The van der Waals surface area contributed by atoms with Crippen LogP contribution in [0.15, 0.2) is 27.8 Å². The molecule has 10 heteroatoms. The highest BCUT2D eigenvalue weighted by Gasteiger charge is 2.34. The Morgan fingerprint density at radius 2 is 1.88 bits per heavy atom. The molecule has 1 aliphatic carbocycles. The van der Waals surface area contributed by atoms with E-state index in [1.807, 2.05) is 4.90 Å². The first-order valence-corrected chi connectivity index (χ1v) is 12.0. The summed E-state index contributed by atoms with van der Waals surface area (Å²) in [6.07, 6.45) is 2.62. The fraction of sp³-hybridized carbons (Fsp3) is 0.591. The van der Waals surface area contributed by atoms with Crippen molar-refractivity contribution in [3.8, 4) is 0 Å². The Morgan fingerprint density at radius 3 is 2.56 bits per heavy atom. The van der Waals surface area contributed by atoms with Crippen molar-refractivity contribution in [3.63, 3.8) is 0 Å². The topological polar surface area (TPSA) is 62.5 Å². The summed E-state index contributed by atoms with van der Waals surface area (Å²) >= 11 is 1.07. The second-order valence-corrected chi connectivity index (χ2v) is 9.29. The zero-order valence-electron chi connectivity index (χ0n) is 18.0. The van der Waals surface area contributed by atoms with E-state index in [1.54, 1.807) is 24.1 Å². The van der Waals surface area contributed by atoms with E-state index in [-0.39, 0.29) is 34.4 Å². The Labute approximate surface area is 189 Å². The maximum absolute atomic E-state index is 13.5. The number of likely N-dealkylation sites (tertiary alicyclic amines) is 1. The molecule has 174 valence electrons. The zero-order chi connectivity index (χ0) is 22.7. The van der Waals surface area contributed by atoms with Gasteiger partial charge in [-0.05, 0) is 37.8 Å². The third-order valence-electron chi connectivity index (χ3n) is 6.08. The van der Waals surface area contributed by atoms with E-state index in [0.717, 1.165) is 75.9 Å². The maximum Gasteiger partial charge on any atom is 0.433 e. The molecule has 0 unspecified atom stereocenters. The van der Waals surface area contributed by atoms with Gasteiger partial charge in [-0.2, -0.15) is 13.2 Å². The first-order valence-electron chi connectivity index (χ1n) is 11.0. The van der Waals surface area contributed by atoms with Gasteiger partial charge in [0.05, 0.1) is 5.75 Å². The van der Waals surface area contributed by atoms with Gasteiger partial charge in [0, 0.05) is 32.2 Å². The van der Waals surface area contributed by atoms with Crippen molar-refractivity contribution in [1.29, 1.82) is 0 Å². The quantitative estimate of drug-likeness (QED) is 0.419. The Hall–Kier alpha value is -2.23. The number of thioether (sulfide) groups is 1. The molecule has 1 amide bonds. The Bertz CT molecular complexity index is 937. The Kier molecular flexibility index (Phi) is 6.97. The predicted molar refractivity (Wildman–Crippen MR) is 116 cm³/mol. The van der Waals surface area contributed by atoms with Gasteiger partial charge in [0.2, 0.25) is 0 Å². The van der Waals surface area contributed by atoms with Gasteiger partial charge in [0.1, 0.15) is 11.6 Å². The normalized spacial score (nSPS) is 17.7. The van der Waals surface area contributed by atoms with Crippen molar-refractivity contribution in [1.82, 2.24) is 14.9 Å². The standard InChI is InChI=1S/C22H27F3N4O2S/c1-28(15-7-3-2-4-8-15)19-13-18(22(23,24)25)26-21(27-19)32-14-16-9-10-17(31-16)20(30)29-11-5-6-12-29/h9-10,13,15H,2-8,11-12,14H2,1H3. The minimum Gasteiger partial charge on any atom is -0.455 e. The number of carbonyl (C=O) groups excluding carboxylic acids is 1. The van der Waals surface area contributed by atoms with Crippen molar-refractivity contribution in [2.75, 3.05) is 25.0 Å². The van der Waals surface area contributed by atoms with Gasteiger partial charge in [0.25, 0.3) is 5.91 Å². The average Bonchev–Trinajstić information content (AvgIpc) is 3.49.